The van der Waals surface area contributed by atoms with Gasteiger partial charge in [0.05, 0.1) is 0 Å². The largest absolute Gasteiger partial charge is 0.310 e. The van der Waals surface area contributed by atoms with Crippen LogP contribution < -0.4 is 5.32 Å². The molecule has 1 aliphatic rings. The first-order valence-electron chi connectivity index (χ1n) is 6.54. The Morgan fingerprint density at radius 2 is 1.76 bits per heavy atom. The molecule has 1 nitrogen and oxygen atoms in total. The first-order chi connectivity index (χ1) is 8.15. The highest BCUT2D eigenvalue weighted by atomic mass is 14.9. The predicted octanol–water partition coefficient (Wildman–Crippen LogP) is 3.87. The maximum atomic E-state index is 3.84. The molecule has 94 valence electrons. The molecule has 0 aromatic heterocycles. The van der Waals surface area contributed by atoms with E-state index in [1.165, 1.54) is 11.1 Å². The van der Waals surface area contributed by atoms with Gasteiger partial charge in [0.25, 0.3) is 0 Å². The smallest absolute Gasteiger partial charge is 0.0320 e. The minimum atomic E-state index is 0.437. The van der Waals surface area contributed by atoms with Crippen molar-refractivity contribution < 1.29 is 0 Å². The molecule has 0 aromatic rings. The van der Waals surface area contributed by atoms with E-state index >= 15 is 0 Å². The molecule has 3 atom stereocenters. The van der Waals surface area contributed by atoms with Crippen molar-refractivity contribution in [3.63, 3.8) is 0 Å². The van der Waals surface area contributed by atoms with Gasteiger partial charge < -0.3 is 5.32 Å². The SMILES string of the molecule is C=C/C=C1\C(=C/C=C)C(CC)NCC(C)C1C. The van der Waals surface area contributed by atoms with Crippen molar-refractivity contribution in [1.82, 2.24) is 5.32 Å². The Bertz CT molecular complexity index is 319. The molecule has 1 rings (SSSR count). The first kappa shape index (κ1) is 14.0. The topological polar surface area (TPSA) is 12.0 Å². The molecule has 1 fully saturated rings. The third kappa shape index (κ3) is 3.19. The fraction of sp³-hybridized carbons (Fsp3) is 0.500. The first-order valence-corrected chi connectivity index (χ1v) is 6.54. The Morgan fingerprint density at radius 1 is 1.18 bits per heavy atom. The Balaban J connectivity index is 3.21. The minimum absolute atomic E-state index is 0.437. The van der Waals surface area contributed by atoms with Crippen molar-refractivity contribution in [2.45, 2.75) is 33.2 Å². The summed E-state index contributed by atoms with van der Waals surface area (Å²) >= 11 is 0. The van der Waals surface area contributed by atoms with Crippen molar-refractivity contribution in [3.05, 3.63) is 48.6 Å². The molecule has 1 N–H and O–H groups in total. The van der Waals surface area contributed by atoms with Crippen LogP contribution in [0.25, 0.3) is 0 Å². The second-order valence-electron chi connectivity index (χ2n) is 4.85. The summed E-state index contributed by atoms with van der Waals surface area (Å²) in [7, 11) is 0. The highest BCUT2D eigenvalue weighted by molar-refractivity contribution is 5.41. The van der Waals surface area contributed by atoms with E-state index in [0.717, 1.165) is 13.0 Å². The van der Waals surface area contributed by atoms with E-state index in [2.05, 4.69) is 51.4 Å². The average Bonchev–Trinajstić information content (AvgIpc) is 2.43. The van der Waals surface area contributed by atoms with Gasteiger partial charge >= 0.3 is 0 Å². The Morgan fingerprint density at radius 3 is 2.29 bits per heavy atom. The second-order valence-corrected chi connectivity index (χ2v) is 4.85. The summed E-state index contributed by atoms with van der Waals surface area (Å²) < 4.78 is 0. The zero-order valence-electron chi connectivity index (χ0n) is 11.4. The minimum Gasteiger partial charge on any atom is -0.310 e. The van der Waals surface area contributed by atoms with Gasteiger partial charge in [0, 0.05) is 6.04 Å². The van der Waals surface area contributed by atoms with Crippen LogP contribution in [0.1, 0.15) is 27.2 Å². The van der Waals surface area contributed by atoms with Crippen molar-refractivity contribution in [2.24, 2.45) is 11.8 Å². The fourth-order valence-electron chi connectivity index (χ4n) is 2.46. The molecular formula is C16H25N. The highest BCUT2D eigenvalue weighted by Crippen LogP contribution is 2.32. The zero-order valence-corrected chi connectivity index (χ0v) is 11.4. The van der Waals surface area contributed by atoms with Crippen molar-refractivity contribution in [2.75, 3.05) is 6.54 Å². The molecule has 0 aromatic carbocycles. The standard InChI is InChI=1S/C16H25N/c1-6-9-14-13(5)12(4)11-17-16(8-3)15(14)10-7-2/h6-7,9-10,12-13,16-17H,1-2,8,11H2,3-5H3/b14-9-,15-10+. The lowest BCUT2D eigenvalue weighted by atomic mass is 9.83. The zero-order chi connectivity index (χ0) is 12.8. The number of nitrogens with one attached hydrogen (secondary N) is 1. The molecule has 17 heavy (non-hydrogen) atoms. The van der Waals surface area contributed by atoms with Gasteiger partial charge in [-0.15, -0.1) is 0 Å². The van der Waals surface area contributed by atoms with Crippen LogP contribution >= 0.6 is 0 Å². The van der Waals surface area contributed by atoms with Crippen LogP contribution in [0.4, 0.5) is 0 Å². The normalized spacial score (nSPS) is 34.6. The van der Waals surface area contributed by atoms with E-state index in [9.17, 15) is 0 Å². The van der Waals surface area contributed by atoms with Crippen molar-refractivity contribution in [1.29, 1.82) is 0 Å². The van der Waals surface area contributed by atoms with Crippen LogP contribution in [-0.2, 0) is 0 Å². The molecule has 3 unspecified atom stereocenters. The molecule has 0 aliphatic carbocycles. The summed E-state index contributed by atoms with van der Waals surface area (Å²) in [6.07, 6.45) is 9.19. The van der Waals surface area contributed by atoms with Gasteiger partial charge in [-0.3, -0.25) is 0 Å². The molecule has 0 radical (unpaired) electrons. The number of hydrogen-bond acceptors (Lipinski definition) is 1. The van der Waals surface area contributed by atoms with E-state index < -0.39 is 0 Å². The van der Waals surface area contributed by atoms with Gasteiger partial charge in [0.2, 0.25) is 0 Å². The molecule has 0 saturated carbocycles. The molecule has 0 bridgehead atoms. The van der Waals surface area contributed by atoms with E-state index in [1.807, 2.05) is 12.2 Å². The Kier molecular flexibility index (Phi) is 5.43. The molecule has 1 saturated heterocycles. The predicted molar refractivity (Wildman–Crippen MR) is 77.0 cm³/mol. The van der Waals surface area contributed by atoms with Gasteiger partial charge in [-0.1, -0.05) is 58.2 Å². The summed E-state index contributed by atoms with van der Waals surface area (Å²) in [5.41, 5.74) is 2.78. The molecule has 0 spiro atoms. The van der Waals surface area contributed by atoms with Crippen LogP contribution in [-0.4, -0.2) is 12.6 Å². The highest BCUT2D eigenvalue weighted by Gasteiger charge is 2.27. The third-order valence-corrected chi connectivity index (χ3v) is 3.74. The van der Waals surface area contributed by atoms with Crippen LogP contribution in [0.3, 0.4) is 0 Å². The molecule has 1 heterocycles. The lowest BCUT2D eigenvalue weighted by Gasteiger charge is -2.21. The van der Waals surface area contributed by atoms with E-state index in [-0.39, 0.29) is 0 Å². The Labute approximate surface area is 106 Å². The quantitative estimate of drug-likeness (QED) is 0.777. The maximum Gasteiger partial charge on any atom is 0.0320 e. The van der Waals surface area contributed by atoms with E-state index in [4.69, 9.17) is 0 Å². The maximum absolute atomic E-state index is 3.84. The van der Waals surface area contributed by atoms with Crippen molar-refractivity contribution in [3.8, 4) is 0 Å². The van der Waals surface area contributed by atoms with Crippen LogP contribution in [0.15, 0.2) is 48.6 Å². The van der Waals surface area contributed by atoms with Gasteiger partial charge in [-0.25, -0.2) is 0 Å². The average molecular weight is 231 g/mol. The third-order valence-electron chi connectivity index (χ3n) is 3.74. The number of allylic oxidation sites excluding steroid dienone is 4. The van der Waals surface area contributed by atoms with Crippen LogP contribution in [0, 0.1) is 11.8 Å². The van der Waals surface area contributed by atoms with Gasteiger partial charge in [0.15, 0.2) is 0 Å². The van der Waals surface area contributed by atoms with Gasteiger partial charge in [0.1, 0.15) is 0 Å². The van der Waals surface area contributed by atoms with E-state index in [0.29, 0.717) is 17.9 Å². The summed E-state index contributed by atoms with van der Waals surface area (Å²) in [5, 5.41) is 3.64. The summed E-state index contributed by atoms with van der Waals surface area (Å²) in [6.45, 7) is 15.6. The lowest BCUT2D eigenvalue weighted by Crippen LogP contribution is -2.31. The molecule has 1 heteroatoms. The molecule has 1 aliphatic heterocycles. The summed E-state index contributed by atoms with van der Waals surface area (Å²) in [5.74, 6) is 1.20. The lowest BCUT2D eigenvalue weighted by molar-refractivity contribution is 0.424. The second kappa shape index (κ2) is 6.61. The number of hydrogen-bond donors (Lipinski definition) is 1. The van der Waals surface area contributed by atoms with E-state index in [1.54, 1.807) is 0 Å². The number of rotatable bonds is 3. The van der Waals surface area contributed by atoms with Gasteiger partial charge in [-0.05, 0) is 35.9 Å². The monoisotopic (exact) mass is 231 g/mol. The summed E-state index contributed by atoms with van der Waals surface area (Å²) in [6, 6.07) is 0.437. The molecular weight excluding hydrogens is 206 g/mol. The summed E-state index contributed by atoms with van der Waals surface area (Å²) in [4.78, 5) is 0. The molecule has 0 amide bonds. The van der Waals surface area contributed by atoms with Gasteiger partial charge in [-0.2, -0.15) is 0 Å². The fourth-order valence-corrected chi connectivity index (χ4v) is 2.46. The van der Waals surface area contributed by atoms with Crippen molar-refractivity contribution >= 4 is 0 Å². The Hall–Kier alpha value is -1.08. The van der Waals surface area contributed by atoms with Crippen LogP contribution in [0.2, 0.25) is 0 Å². The van der Waals surface area contributed by atoms with Crippen LogP contribution in [0.5, 0.6) is 0 Å².